The average Bonchev–Trinajstić information content (AvgIpc) is 2.95. The van der Waals surface area contributed by atoms with Crippen LogP contribution in [-0.4, -0.2) is 22.6 Å². The lowest BCUT2D eigenvalue weighted by Gasteiger charge is -2.06. The van der Waals surface area contributed by atoms with E-state index in [0.717, 1.165) is 0 Å². The highest BCUT2D eigenvalue weighted by Gasteiger charge is 2.12. The molecule has 2 aromatic rings. The minimum Gasteiger partial charge on any atom is -0.356 e. The maximum absolute atomic E-state index is 11.8. The van der Waals surface area contributed by atoms with E-state index in [9.17, 15) is 14.4 Å². The van der Waals surface area contributed by atoms with Crippen LogP contribution in [0.15, 0.2) is 36.5 Å². The van der Waals surface area contributed by atoms with Crippen molar-refractivity contribution in [1.29, 1.82) is 0 Å². The van der Waals surface area contributed by atoms with Crippen molar-refractivity contribution in [3.8, 4) is 0 Å². The van der Waals surface area contributed by atoms with Gasteiger partial charge in [-0.05, 0) is 37.3 Å². The van der Waals surface area contributed by atoms with Crippen LogP contribution in [0.1, 0.15) is 38.1 Å². The van der Waals surface area contributed by atoms with E-state index in [4.69, 9.17) is 11.6 Å². The molecule has 6 nitrogen and oxygen atoms in total. The molecule has 0 spiro atoms. The number of carbonyl (C=O) groups excluding carboxylic acids is 3. The first-order valence-electron chi connectivity index (χ1n) is 6.03. The lowest BCUT2D eigenvalue weighted by Crippen LogP contribution is -2.41. The molecular weight excluding hydrogens is 294 g/mol. The minimum atomic E-state index is -0.551. The Morgan fingerprint density at radius 2 is 1.62 bits per heavy atom. The molecule has 1 aromatic carbocycles. The van der Waals surface area contributed by atoms with Crippen LogP contribution in [0.25, 0.3) is 0 Å². The number of halogens is 1. The Balaban J connectivity index is 1.95. The van der Waals surface area contributed by atoms with Crippen molar-refractivity contribution < 1.29 is 14.4 Å². The maximum atomic E-state index is 11.8. The van der Waals surface area contributed by atoms with Gasteiger partial charge in [-0.1, -0.05) is 11.6 Å². The molecule has 0 fully saturated rings. The van der Waals surface area contributed by atoms with E-state index in [1.165, 1.54) is 31.3 Å². The van der Waals surface area contributed by atoms with Crippen LogP contribution in [0.2, 0.25) is 5.02 Å². The van der Waals surface area contributed by atoms with Crippen molar-refractivity contribution in [2.24, 2.45) is 0 Å². The number of rotatable bonds is 3. The zero-order valence-corrected chi connectivity index (χ0v) is 11.8. The Morgan fingerprint density at radius 3 is 2.19 bits per heavy atom. The van der Waals surface area contributed by atoms with E-state index >= 15 is 0 Å². The number of carbonyl (C=O) groups is 3. The smallest absolute Gasteiger partial charge is 0.286 e. The highest BCUT2D eigenvalue weighted by Crippen LogP contribution is 2.09. The van der Waals surface area contributed by atoms with Crippen LogP contribution < -0.4 is 10.9 Å². The third-order valence-corrected chi connectivity index (χ3v) is 2.98. The molecule has 0 unspecified atom stereocenters. The Bertz CT molecular complexity index is 692. The van der Waals surface area contributed by atoms with Gasteiger partial charge >= 0.3 is 0 Å². The summed E-state index contributed by atoms with van der Waals surface area (Å²) in [4.78, 5) is 37.3. The van der Waals surface area contributed by atoms with Crippen molar-refractivity contribution in [1.82, 2.24) is 15.8 Å². The van der Waals surface area contributed by atoms with Gasteiger partial charge < -0.3 is 4.98 Å². The fourth-order valence-corrected chi connectivity index (χ4v) is 1.71. The van der Waals surface area contributed by atoms with Gasteiger partial charge in [-0.3, -0.25) is 25.2 Å². The molecule has 0 aliphatic heterocycles. The molecule has 2 amide bonds. The third kappa shape index (κ3) is 3.70. The molecule has 108 valence electrons. The van der Waals surface area contributed by atoms with Gasteiger partial charge in [0.05, 0.1) is 0 Å². The monoisotopic (exact) mass is 305 g/mol. The summed E-state index contributed by atoms with van der Waals surface area (Å²) in [5.74, 6) is -1.18. The van der Waals surface area contributed by atoms with Crippen LogP contribution >= 0.6 is 11.6 Å². The zero-order valence-electron chi connectivity index (χ0n) is 11.1. The molecule has 0 radical (unpaired) electrons. The molecule has 2 rings (SSSR count). The van der Waals surface area contributed by atoms with Gasteiger partial charge in [0.25, 0.3) is 11.8 Å². The van der Waals surface area contributed by atoms with Crippen molar-refractivity contribution >= 4 is 29.2 Å². The predicted molar refractivity (Wildman–Crippen MR) is 77.2 cm³/mol. The number of benzene rings is 1. The summed E-state index contributed by atoms with van der Waals surface area (Å²) in [5, 5.41) is 0.513. The number of hydrogen-bond donors (Lipinski definition) is 3. The van der Waals surface area contributed by atoms with Gasteiger partial charge in [-0.15, -0.1) is 0 Å². The van der Waals surface area contributed by atoms with E-state index in [-0.39, 0.29) is 11.5 Å². The summed E-state index contributed by atoms with van der Waals surface area (Å²) < 4.78 is 0. The number of aromatic nitrogens is 1. The quantitative estimate of drug-likeness (QED) is 0.598. The van der Waals surface area contributed by atoms with Crippen molar-refractivity contribution in [3.05, 3.63) is 58.4 Å². The van der Waals surface area contributed by atoms with E-state index in [2.05, 4.69) is 15.8 Å². The number of hydrogen-bond acceptors (Lipinski definition) is 3. The summed E-state index contributed by atoms with van der Waals surface area (Å²) in [6, 6.07) is 7.62. The molecule has 1 aromatic heterocycles. The summed E-state index contributed by atoms with van der Waals surface area (Å²) in [5.41, 5.74) is 5.45. The molecule has 0 aliphatic rings. The summed E-state index contributed by atoms with van der Waals surface area (Å²) in [6.45, 7) is 1.40. The first kappa shape index (κ1) is 14.8. The molecule has 21 heavy (non-hydrogen) atoms. The van der Waals surface area contributed by atoms with E-state index in [1.807, 2.05) is 0 Å². The molecule has 3 N–H and O–H groups in total. The van der Waals surface area contributed by atoms with Gasteiger partial charge in [-0.2, -0.15) is 0 Å². The fraction of sp³-hybridized carbons (Fsp3) is 0.0714. The lowest BCUT2D eigenvalue weighted by atomic mass is 10.2. The Morgan fingerprint density at radius 1 is 1.00 bits per heavy atom. The SMILES string of the molecule is CC(=O)c1c[nH]c(C(=O)NNC(=O)c2ccc(Cl)cc2)c1. The number of hydrazine groups is 1. The number of H-pyrrole nitrogens is 1. The Hall–Kier alpha value is -2.60. The van der Waals surface area contributed by atoms with Crippen molar-refractivity contribution in [3.63, 3.8) is 0 Å². The topological polar surface area (TPSA) is 91.1 Å². The standard InChI is InChI=1S/C14H12ClN3O3/c1-8(19)10-6-12(16-7-10)14(21)18-17-13(20)9-2-4-11(15)5-3-9/h2-7,16H,1H3,(H,17,20)(H,18,21). The molecule has 0 atom stereocenters. The molecule has 0 aliphatic carbocycles. The first-order valence-corrected chi connectivity index (χ1v) is 6.41. The van der Waals surface area contributed by atoms with Gasteiger partial charge in [-0.25, -0.2) is 0 Å². The third-order valence-electron chi connectivity index (χ3n) is 2.73. The summed E-state index contributed by atoms with van der Waals surface area (Å²) in [6.07, 6.45) is 1.43. The Kier molecular flexibility index (Phi) is 4.39. The van der Waals surface area contributed by atoms with Crippen molar-refractivity contribution in [2.75, 3.05) is 0 Å². The highest BCUT2D eigenvalue weighted by molar-refractivity contribution is 6.30. The largest absolute Gasteiger partial charge is 0.356 e. The fourth-order valence-electron chi connectivity index (χ4n) is 1.58. The normalized spacial score (nSPS) is 10.0. The second-order valence-electron chi connectivity index (χ2n) is 4.27. The van der Waals surface area contributed by atoms with Crippen LogP contribution in [-0.2, 0) is 0 Å². The minimum absolute atomic E-state index is 0.157. The zero-order chi connectivity index (χ0) is 15.4. The second kappa shape index (κ2) is 6.23. The van der Waals surface area contributed by atoms with Gasteiger partial charge in [0, 0.05) is 22.3 Å². The van der Waals surface area contributed by atoms with E-state index < -0.39 is 11.8 Å². The number of aromatic amines is 1. The van der Waals surface area contributed by atoms with Crippen LogP contribution in [0.4, 0.5) is 0 Å². The van der Waals surface area contributed by atoms with Crippen LogP contribution in [0.5, 0.6) is 0 Å². The average molecular weight is 306 g/mol. The van der Waals surface area contributed by atoms with Crippen LogP contribution in [0, 0.1) is 0 Å². The lowest BCUT2D eigenvalue weighted by molar-refractivity contribution is 0.0844. The van der Waals surface area contributed by atoms with Gasteiger partial charge in [0.15, 0.2) is 5.78 Å². The number of amides is 2. The maximum Gasteiger partial charge on any atom is 0.286 e. The van der Waals surface area contributed by atoms with Gasteiger partial charge in [0.1, 0.15) is 5.69 Å². The van der Waals surface area contributed by atoms with Crippen LogP contribution in [0.3, 0.4) is 0 Å². The summed E-state index contributed by atoms with van der Waals surface area (Å²) in [7, 11) is 0. The molecule has 7 heteroatoms. The number of ketones is 1. The molecular formula is C14H12ClN3O3. The molecule has 0 bridgehead atoms. The number of Topliss-reactive ketones (excluding diaryl/α,β-unsaturated/α-hetero) is 1. The second-order valence-corrected chi connectivity index (χ2v) is 4.71. The molecule has 0 saturated carbocycles. The number of nitrogens with one attached hydrogen (secondary N) is 3. The first-order chi connectivity index (χ1) is 9.97. The van der Waals surface area contributed by atoms with Gasteiger partial charge in [0.2, 0.25) is 0 Å². The van der Waals surface area contributed by atoms with E-state index in [0.29, 0.717) is 16.1 Å². The molecule has 0 saturated heterocycles. The van der Waals surface area contributed by atoms with Crippen molar-refractivity contribution in [2.45, 2.75) is 6.92 Å². The molecule has 1 heterocycles. The van der Waals surface area contributed by atoms with E-state index in [1.54, 1.807) is 12.1 Å². The highest BCUT2D eigenvalue weighted by atomic mass is 35.5. The predicted octanol–water partition coefficient (Wildman–Crippen LogP) is 1.95. The Labute approximate surface area is 125 Å². The summed E-state index contributed by atoms with van der Waals surface area (Å²) >= 11 is 5.72.